The molecule has 6 nitrogen and oxygen atoms in total. The summed E-state index contributed by atoms with van der Waals surface area (Å²) in [5.74, 6) is 0.396. The molecule has 1 aromatic heterocycles. The predicted molar refractivity (Wildman–Crippen MR) is 105 cm³/mol. The fourth-order valence-corrected chi connectivity index (χ4v) is 6.69. The molecule has 0 bridgehead atoms. The highest BCUT2D eigenvalue weighted by Crippen LogP contribution is 2.29. The van der Waals surface area contributed by atoms with Crippen molar-refractivity contribution in [2.24, 2.45) is 0 Å². The van der Waals surface area contributed by atoms with Gasteiger partial charge in [0, 0.05) is 29.1 Å². The lowest BCUT2D eigenvalue weighted by Crippen LogP contribution is -2.47. The first-order valence-corrected chi connectivity index (χ1v) is 11.8. The monoisotopic (exact) mass is 431 g/mol. The number of thioether (sulfide) groups is 1. The smallest absolute Gasteiger partial charge is 0.244 e. The van der Waals surface area contributed by atoms with Gasteiger partial charge in [0.1, 0.15) is 6.04 Å². The van der Waals surface area contributed by atoms with Crippen molar-refractivity contribution in [2.75, 3.05) is 18.2 Å². The lowest BCUT2D eigenvalue weighted by molar-refractivity contribution is -0.123. The average Bonchev–Trinajstić information content (AvgIpc) is 3.24. The maximum absolute atomic E-state index is 12.9. The standard InChI is InChI=1S/C16H18ClN3O3S3/c1-11-19-13(8-25-11)5-6-18-16(21)15-9-24-10-20(15)26(22,23)14-4-2-3-12(17)7-14/h2-4,7-8,15H,5-6,9-10H2,1H3,(H,18,21)/t15-/m1/s1. The molecule has 3 rings (SSSR count). The molecule has 1 amide bonds. The van der Waals surface area contributed by atoms with Crippen LogP contribution in [0.25, 0.3) is 0 Å². The highest BCUT2D eigenvalue weighted by Gasteiger charge is 2.39. The number of carbonyl (C=O) groups is 1. The maximum Gasteiger partial charge on any atom is 0.244 e. The number of amides is 1. The summed E-state index contributed by atoms with van der Waals surface area (Å²) in [5, 5.41) is 6.12. The molecular formula is C16H18ClN3O3S3. The van der Waals surface area contributed by atoms with Gasteiger partial charge >= 0.3 is 0 Å². The number of hydrogen-bond acceptors (Lipinski definition) is 6. The molecule has 1 aliphatic rings. The van der Waals surface area contributed by atoms with E-state index in [0.717, 1.165) is 10.7 Å². The molecule has 1 fully saturated rings. The number of hydrogen-bond donors (Lipinski definition) is 1. The van der Waals surface area contributed by atoms with Crippen molar-refractivity contribution < 1.29 is 13.2 Å². The van der Waals surface area contributed by atoms with Crippen LogP contribution in [0.5, 0.6) is 0 Å². The maximum atomic E-state index is 12.9. The average molecular weight is 432 g/mol. The zero-order valence-electron chi connectivity index (χ0n) is 14.0. The molecule has 140 valence electrons. The SMILES string of the molecule is Cc1nc(CCNC(=O)[C@H]2CSCN2S(=O)(=O)c2cccc(Cl)c2)cs1. The number of thiazole rings is 1. The Bertz CT molecular complexity index is 901. The number of nitrogens with one attached hydrogen (secondary N) is 1. The van der Waals surface area contributed by atoms with Gasteiger partial charge < -0.3 is 5.32 Å². The van der Waals surface area contributed by atoms with Gasteiger partial charge in [-0.1, -0.05) is 17.7 Å². The van der Waals surface area contributed by atoms with Crippen LogP contribution < -0.4 is 5.32 Å². The summed E-state index contributed by atoms with van der Waals surface area (Å²) >= 11 is 8.90. The molecule has 0 spiro atoms. The third kappa shape index (κ3) is 4.40. The third-order valence-electron chi connectivity index (χ3n) is 3.89. The molecule has 1 aliphatic heterocycles. The second-order valence-corrected chi connectivity index (χ2v) is 10.2. The summed E-state index contributed by atoms with van der Waals surface area (Å²) in [6.07, 6.45) is 0.622. The van der Waals surface area contributed by atoms with Gasteiger partial charge in [0.05, 0.1) is 21.5 Å². The second-order valence-electron chi connectivity index (χ2n) is 5.76. The van der Waals surface area contributed by atoms with Gasteiger partial charge in [-0.2, -0.15) is 4.31 Å². The zero-order chi connectivity index (χ0) is 18.7. The Morgan fingerprint density at radius 2 is 2.27 bits per heavy atom. The van der Waals surface area contributed by atoms with Gasteiger partial charge in [-0.15, -0.1) is 23.1 Å². The number of halogens is 1. The van der Waals surface area contributed by atoms with E-state index in [1.165, 1.54) is 28.2 Å². The molecule has 1 saturated heterocycles. The minimum atomic E-state index is -3.77. The van der Waals surface area contributed by atoms with Crippen LogP contribution in [0.2, 0.25) is 5.02 Å². The van der Waals surface area contributed by atoms with E-state index in [9.17, 15) is 13.2 Å². The van der Waals surface area contributed by atoms with Crippen LogP contribution in [0.15, 0.2) is 34.5 Å². The second kappa shape index (κ2) is 8.26. The normalized spacial score (nSPS) is 18.2. The van der Waals surface area contributed by atoms with Gasteiger partial charge in [0.2, 0.25) is 15.9 Å². The van der Waals surface area contributed by atoms with E-state index in [-0.39, 0.29) is 16.7 Å². The molecule has 1 aromatic carbocycles. The molecule has 0 unspecified atom stereocenters. The third-order valence-corrected chi connectivity index (χ3v) is 7.98. The van der Waals surface area contributed by atoms with Crippen LogP contribution in [-0.2, 0) is 21.2 Å². The van der Waals surface area contributed by atoms with Crippen LogP contribution in [0.1, 0.15) is 10.7 Å². The van der Waals surface area contributed by atoms with Gasteiger partial charge in [0.15, 0.2) is 0 Å². The quantitative estimate of drug-likeness (QED) is 0.760. The summed E-state index contributed by atoms with van der Waals surface area (Å²) in [5.41, 5.74) is 0.928. The number of benzene rings is 1. The Kier molecular flexibility index (Phi) is 6.24. The number of aryl methyl sites for hydroxylation is 1. The van der Waals surface area contributed by atoms with Crippen molar-refractivity contribution in [3.05, 3.63) is 45.4 Å². The molecular weight excluding hydrogens is 414 g/mol. The molecule has 0 radical (unpaired) electrons. The van der Waals surface area contributed by atoms with E-state index < -0.39 is 16.1 Å². The molecule has 2 aromatic rings. The first-order valence-electron chi connectivity index (χ1n) is 7.92. The molecule has 26 heavy (non-hydrogen) atoms. The first kappa shape index (κ1) is 19.6. The topological polar surface area (TPSA) is 79.4 Å². The van der Waals surface area contributed by atoms with Crippen LogP contribution >= 0.6 is 34.7 Å². The van der Waals surface area contributed by atoms with Crippen LogP contribution in [-0.4, -0.2) is 47.8 Å². The van der Waals surface area contributed by atoms with E-state index in [1.807, 2.05) is 12.3 Å². The number of rotatable bonds is 6. The van der Waals surface area contributed by atoms with Gasteiger partial charge in [-0.05, 0) is 25.1 Å². The molecule has 2 heterocycles. The Labute approximate surface area is 166 Å². The van der Waals surface area contributed by atoms with Crippen molar-refractivity contribution in [3.8, 4) is 0 Å². The van der Waals surface area contributed by atoms with Crippen LogP contribution in [0.3, 0.4) is 0 Å². The zero-order valence-corrected chi connectivity index (χ0v) is 17.2. The number of aromatic nitrogens is 1. The summed E-state index contributed by atoms with van der Waals surface area (Å²) in [4.78, 5) is 17.0. The summed E-state index contributed by atoms with van der Waals surface area (Å²) in [6, 6.07) is 5.37. The van der Waals surface area contributed by atoms with Crippen LogP contribution in [0.4, 0.5) is 0 Å². The van der Waals surface area contributed by atoms with Crippen molar-refractivity contribution in [1.29, 1.82) is 0 Å². The minimum absolute atomic E-state index is 0.100. The van der Waals surface area contributed by atoms with E-state index in [1.54, 1.807) is 23.5 Å². The van der Waals surface area contributed by atoms with Crippen molar-refractivity contribution in [2.45, 2.75) is 24.3 Å². The number of nitrogens with zero attached hydrogens (tertiary/aromatic N) is 2. The van der Waals surface area contributed by atoms with E-state index in [4.69, 9.17) is 11.6 Å². The van der Waals surface area contributed by atoms with E-state index in [0.29, 0.717) is 23.7 Å². The molecule has 1 atom stereocenters. The fraction of sp³-hybridized carbons (Fsp3) is 0.375. The lowest BCUT2D eigenvalue weighted by atomic mass is 10.3. The minimum Gasteiger partial charge on any atom is -0.354 e. The van der Waals surface area contributed by atoms with Crippen molar-refractivity contribution in [3.63, 3.8) is 0 Å². The van der Waals surface area contributed by atoms with Crippen molar-refractivity contribution in [1.82, 2.24) is 14.6 Å². The number of carbonyl (C=O) groups excluding carboxylic acids is 1. The number of sulfonamides is 1. The van der Waals surface area contributed by atoms with Gasteiger partial charge in [-0.3, -0.25) is 4.79 Å². The van der Waals surface area contributed by atoms with E-state index >= 15 is 0 Å². The highest BCUT2D eigenvalue weighted by molar-refractivity contribution is 8.00. The molecule has 0 aliphatic carbocycles. The molecule has 1 N–H and O–H groups in total. The summed E-state index contributed by atoms with van der Waals surface area (Å²) in [7, 11) is -3.77. The van der Waals surface area contributed by atoms with E-state index in [2.05, 4.69) is 10.3 Å². The fourth-order valence-electron chi connectivity index (χ4n) is 2.59. The van der Waals surface area contributed by atoms with Crippen molar-refractivity contribution >= 4 is 50.6 Å². The largest absolute Gasteiger partial charge is 0.354 e. The predicted octanol–water partition coefficient (Wildman–Crippen LogP) is 2.53. The van der Waals surface area contributed by atoms with Crippen LogP contribution in [0, 0.1) is 6.92 Å². The molecule has 0 saturated carbocycles. The summed E-state index contributed by atoms with van der Waals surface area (Å²) < 4.78 is 27.0. The van der Waals surface area contributed by atoms with Gasteiger partial charge in [-0.25, -0.2) is 13.4 Å². The molecule has 10 heteroatoms. The summed E-state index contributed by atoms with van der Waals surface area (Å²) in [6.45, 7) is 2.36. The Balaban J connectivity index is 1.66. The Morgan fingerprint density at radius 3 is 2.96 bits per heavy atom. The Morgan fingerprint density at radius 1 is 1.46 bits per heavy atom. The Hall–Kier alpha value is -1.13. The highest BCUT2D eigenvalue weighted by atomic mass is 35.5. The first-order chi connectivity index (χ1) is 12.4. The van der Waals surface area contributed by atoms with Gasteiger partial charge in [0.25, 0.3) is 0 Å². The lowest BCUT2D eigenvalue weighted by Gasteiger charge is -2.22.